The highest BCUT2D eigenvalue weighted by Gasteiger charge is 2.28. The van der Waals surface area contributed by atoms with Gasteiger partial charge < -0.3 is 5.32 Å². The first-order chi connectivity index (χ1) is 13.3. The first-order valence-corrected chi connectivity index (χ1v) is 11.1. The molecule has 5 nitrogen and oxygen atoms in total. The molecule has 150 valence electrons. The van der Waals surface area contributed by atoms with Gasteiger partial charge in [-0.15, -0.1) is 0 Å². The van der Waals surface area contributed by atoms with Gasteiger partial charge in [-0.25, -0.2) is 12.8 Å². The van der Waals surface area contributed by atoms with Gasteiger partial charge in [0, 0.05) is 6.54 Å². The van der Waals surface area contributed by atoms with Crippen molar-refractivity contribution >= 4 is 15.7 Å². The second-order valence-corrected chi connectivity index (χ2v) is 9.58. The van der Waals surface area contributed by atoms with Crippen molar-refractivity contribution < 1.29 is 17.6 Å². The molecule has 7 heteroatoms. The van der Waals surface area contributed by atoms with E-state index >= 15 is 0 Å². The van der Waals surface area contributed by atoms with Gasteiger partial charge in [0.25, 0.3) is 0 Å². The summed E-state index contributed by atoms with van der Waals surface area (Å²) >= 11 is 0. The Morgan fingerprint density at radius 3 is 2.39 bits per heavy atom. The molecule has 2 aromatic carbocycles. The standard InChI is InChI=1S/C21H25FN2O3S/c1-24(14-20(25)23-13-16-11-12-28(26,27)15-16)21(17-5-3-2-4-6-17)18-7-9-19(22)10-8-18/h2-10,16,21H,11-15H2,1H3,(H,23,25). The Kier molecular flexibility index (Phi) is 6.46. The molecule has 0 radical (unpaired) electrons. The van der Waals surface area contributed by atoms with E-state index in [2.05, 4.69) is 5.32 Å². The maximum absolute atomic E-state index is 13.3. The molecule has 0 bridgehead atoms. The van der Waals surface area contributed by atoms with Gasteiger partial charge in [0.2, 0.25) is 5.91 Å². The number of carbonyl (C=O) groups is 1. The number of halogens is 1. The van der Waals surface area contributed by atoms with E-state index in [-0.39, 0.29) is 41.7 Å². The summed E-state index contributed by atoms with van der Waals surface area (Å²) in [5, 5.41) is 2.86. The van der Waals surface area contributed by atoms with Crippen molar-refractivity contribution in [2.75, 3.05) is 31.6 Å². The van der Waals surface area contributed by atoms with E-state index in [0.29, 0.717) is 13.0 Å². The van der Waals surface area contributed by atoms with E-state index in [1.54, 1.807) is 12.1 Å². The monoisotopic (exact) mass is 404 g/mol. The van der Waals surface area contributed by atoms with Gasteiger partial charge in [-0.2, -0.15) is 0 Å². The number of likely N-dealkylation sites (N-methyl/N-ethyl adjacent to an activating group) is 1. The molecule has 3 rings (SSSR count). The Bertz CT molecular complexity index is 901. The zero-order chi connectivity index (χ0) is 20.1. The fourth-order valence-corrected chi connectivity index (χ4v) is 5.51. The van der Waals surface area contributed by atoms with Crippen LogP contribution in [-0.2, 0) is 14.6 Å². The minimum atomic E-state index is -2.95. The minimum Gasteiger partial charge on any atom is -0.355 e. The number of sulfone groups is 1. The zero-order valence-electron chi connectivity index (χ0n) is 15.8. The van der Waals surface area contributed by atoms with Gasteiger partial charge in [-0.1, -0.05) is 42.5 Å². The van der Waals surface area contributed by atoms with Crippen LogP contribution >= 0.6 is 0 Å². The number of carbonyl (C=O) groups excluding carboxylic acids is 1. The minimum absolute atomic E-state index is 0.0127. The van der Waals surface area contributed by atoms with Crippen molar-refractivity contribution in [1.82, 2.24) is 10.2 Å². The number of amides is 1. The predicted octanol–water partition coefficient (Wildman–Crippen LogP) is 2.40. The summed E-state index contributed by atoms with van der Waals surface area (Å²) in [6.07, 6.45) is 0.598. The SMILES string of the molecule is CN(CC(=O)NCC1CCS(=O)(=O)C1)C(c1ccccc1)c1ccc(F)cc1. The summed E-state index contributed by atoms with van der Waals surface area (Å²) in [5.74, 6) is -0.127. The van der Waals surface area contributed by atoms with Crippen LogP contribution in [0.3, 0.4) is 0 Å². The van der Waals surface area contributed by atoms with Gasteiger partial charge in [-0.3, -0.25) is 9.69 Å². The van der Waals surface area contributed by atoms with Crippen LogP contribution < -0.4 is 5.32 Å². The van der Waals surface area contributed by atoms with Crippen LogP contribution in [0.1, 0.15) is 23.6 Å². The van der Waals surface area contributed by atoms with Crippen molar-refractivity contribution in [2.24, 2.45) is 5.92 Å². The molecule has 1 amide bonds. The Morgan fingerprint density at radius 2 is 1.79 bits per heavy atom. The lowest BCUT2D eigenvalue weighted by atomic mass is 9.97. The van der Waals surface area contributed by atoms with Crippen LogP contribution in [-0.4, -0.2) is 50.9 Å². The lowest BCUT2D eigenvalue weighted by molar-refractivity contribution is -0.122. The van der Waals surface area contributed by atoms with E-state index in [1.165, 1.54) is 12.1 Å². The first-order valence-electron chi connectivity index (χ1n) is 9.32. The fraction of sp³-hybridized carbons (Fsp3) is 0.381. The largest absolute Gasteiger partial charge is 0.355 e. The third kappa shape index (κ3) is 5.39. The van der Waals surface area contributed by atoms with Crippen LogP contribution in [0.25, 0.3) is 0 Å². The van der Waals surface area contributed by atoms with Gasteiger partial charge >= 0.3 is 0 Å². The smallest absolute Gasteiger partial charge is 0.234 e. The van der Waals surface area contributed by atoms with Crippen LogP contribution in [0.5, 0.6) is 0 Å². The van der Waals surface area contributed by atoms with E-state index in [4.69, 9.17) is 0 Å². The molecule has 1 aliphatic rings. The molecule has 0 spiro atoms. The zero-order valence-corrected chi connectivity index (χ0v) is 16.7. The third-order valence-electron chi connectivity index (χ3n) is 5.05. The van der Waals surface area contributed by atoms with E-state index in [0.717, 1.165) is 11.1 Å². The van der Waals surface area contributed by atoms with Crippen molar-refractivity contribution in [3.8, 4) is 0 Å². The molecule has 1 aliphatic heterocycles. The van der Waals surface area contributed by atoms with Crippen molar-refractivity contribution in [2.45, 2.75) is 12.5 Å². The van der Waals surface area contributed by atoms with Crippen LogP contribution in [0.15, 0.2) is 54.6 Å². The molecular formula is C21H25FN2O3S. The summed E-state index contributed by atoms with van der Waals surface area (Å²) in [7, 11) is -1.10. The number of benzene rings is 2. The van der Waals surface area contributed by atoms with Crippen LogP contribution in [0, 0.1) is 11.7 Å². The molecule has 0 aliphatic carbocycles. The number of hydrogen-bond donors (Lipinski definition) is 1. The number of hydrogen-bond acceptors (Lipinski definition) is 4. The molecular weight excluding hydrogens is 379 g/mol. The second kappa shape index (κ2) is 8.84. The lowest BCUT2D eigenvalue weighted by Crippen LogP contribution is -2.39. The number of nitrogens with one attached hydrogen (secondary N) is 1. The molecule has 0 saturated carbocycles. The molecule has 2 unspecified atom stereocenters. The number of rotatable bonds is 7. The van der Waals surface area contributed by atoms with E-state index < -0.39 is 9.84 Å². The maximum Gasteiger partial charge on any atom is 0.234 e. The Labute approximate surface area is 165 Å². The Hall–Kier alpha value is -2.25. The quantitative estimate of drug-likeness (QED) is 0.770. The maximum atomic E-state index is 13.3. The molecule has 1 heterocycles. The lowest BCUT2D eigenvalue weighted by Gasteiger charge is -2.28. The predicted molar refractivity (Wildman–Crippen MR) is 107 cm³/mol. The Morgan fingerprint density at radius 1 is 1.14 bits per heavy atom. The third-order valence-corrected chi connectivity index (χ3v) is 6.89. The normalized spacial score (nSPS) is 19.5. The van der Waals surface area contributed by atoms with E-state index in [9.17, 15) is 17.6 Å². The molecule has 28 heavy (non-hydrogen) atoms. The van der Waals surface area contributed by atoms with Crippen LogP contribution in [0.2, 0.25) is 0 Å². The first kappa shape index (κ1) is 20.5. The topological polar surface area (TPSA) is 66.5 Å². The van der Waals surface area contributed by atoms with Crippen LogP contribution in [0.4, 0.5) is 4.39 Å². The van der Waals surface area contributed by atoms with Gasteiger partial charge in [-0.05, 0) is 42.6 Å². The fourth-order valence-electron chi connectivity index (χ4n) is 3.65. The summed E-state index contributed by atoms with van der Waals surface area (Å²) in [4.78, 5) is 14.3. The second-order valence-electron chi connectivity index (χ2n) is 7.35. The summed E-state index contributed by atoms with van der Waals surface area (Å²) in [6, 6.07) is 15.8. The summed E-state index contributed by atoms with van der Waals surface area (Å²) in [5.41, 5.74) is 1.90. The molecule has 2 atom stereocenters. The highest BCUT2D eigenvalue weighted by molar-refractivity contribution is 7.91. The summed E-state index contributed by atoms with van der Waals surface area (Å²) in [6.45, 7) is 0.523. The molecule has 1 fully saturated rings. The molecule has 1 N–H and O–H groups in total. The number of nitrogens with zero attached hydrogens (tertiary/aromatic N) is 1. The molecule has 0 aromatic heterocycles. The van der Waals surface area contributed by atoms with Crippen molar-refractivity contribution in [1.29, 1.82) is 0 Å². The highest BCUT2D eigenvalue weighted by atomic mass is 32.2. The average molecular weight is 405 g/mol. The van der Waals surface area contributed by atoms with Crippen molar-refractivity contribution in [3.63, 3.8) is 0 Å². The molecule has 2 aromatic rings. The van der Waals surface area contributed by atoms with E-state index in [1.807, 2.05) is 42.3 Å². The Balaban J connectivity index is 1.66. The summed E-state index contributed by atoms with van der Waals surface area (Å²) < 4.78 is 36.4. The average Bonchev–Trinajstić information content (AvgIpc) is 3.02. The van der Waals surface area contributed by atoms with Crippen molar-refractivity contribution in [3.05, 3.63) is 71.5 Å². The molecule has 1 saturated heterocycles. The highest BCUT2D eigenvalue weighted by Crippen LogP contribution is 2.27. The van der Waals surface area contributed by atoms with Gasteiger partial charge in [0.15, 0.2) is 9.84 Å². The van der Waals surface area contributed by atoms with Gasteiger partial charge in [0.1, 0.15) is 5.82 Å². The van der Waals surface area contributed by atoms with Gasteiger partial charge in [0.05, 0.1) is 24.1 Å².